The lowest BCUT2D eigenvalue weighted by Gasteiger charge is -2.28. The fourth-order valence-electron chi connectivity index (χ4n) is 2.86. The Morgan fingerprint density at radius 2 is 1.65 bits per heavy atom. The Morgan fingerprint density at radius 1 is 1.05 bits per heavy atom. The van der Waals surface area contributed by atoms with Gasteiger partial charge >= 0.3 is 0 Å². The van der Waals surface area contributed by atoms with Crippen LogP contribution in [0, 0.1) is 6.92 Å². The van der Waals surface area contributed by atoms with Gasteiger partial charge in [-0.05, 0) is 51.9 Å². The molecule has 0 amide bonds. The van der Waals surface area contributed by atoms with Crippen LogP contribution in [0.1, 0.15) is 57.2 Å². The highest BCUT2D eigenvalue weighted by molar-refractivity contribution is 5.24. The summed E-state index contributed by atoms with van der Waals surface area (Å²) in [6, 6.07) is 10.1. The molecule has 1 aromatic rings. The number of nitrogens with one attached hydrogen (secondary N) is 1. The van der Waals surface area contributed by atoms with Gasteiger partial charge < -0.3 is 10.2 Å². The monoisotopic (exact) mass is 276 g/mol. The summed E-state index contributed by atoms with van der Waals surface area (Å²) in [5.74, 6) is 0. The molecule has 0 saturated carbocycles. The van der Waals surface area contributed by atoms with E-state index in [0.717, 1.165) is 19.1 Å². The highest BCUT2D eigenvalue weighted by Crippen LogP contribution is 2.19. The molecule has 114 valence electrons. The lowest BCUT2D eigenvalue weighted by molar-refractivity contribution is 0.218. The second-order valence-corrected chi connectivity index (χ2v) is 5.76. The Morgan fingerprint density at radius 3 is 2.15 bits per heavy atom. The first-order valence-corrected chi connectivity index (χ1v) is 8.12. The van der Waals surface area contributed by atoms with Gasteiger partial charge in [-0.3, -0.25) is 0 Å². The van der Waals surface area contributed by atoms with Crippen LogP contribution in [0.5, 0.6) is 0 Å². The predicted molar refractivity (Wildman–Crippen MR) is 89.2 cm³/mol. The number of hydrogen-bond donors (Lipinski definition) is 1. The summed E-state index contributed by atoms with van der Waals surface area (Å²) in [5, 5.41) is 3.62. The summed E-state index contributed by atoms with van der Waals surface area (Å²) in [5.41, 5.74) is 2.74. The van der Waals surface area contributed by atoms with Crippen molar-refractivity contribution in [3.05, 3.63) is 35.4 Å². The molecule has 1 rings (SSSR count). The third-order valence-corrected chi connectivity index (χ3v) is 4.27. The van der Waals surface area contributed by atoms with Gasteiger partial charge in [0.15, 0.2) is 0 Å². The normalized spacial score (nSPS) is 13.2. The van der Waals surface area contributed by atoms with Crippen LogP contribution in [0.3, 0.4) is 0 Å². The topological polar surface area (TPSA) is 15.3 Å². The van der Waals surface area contributed by atoms with Gasteiger partial charge in [0, 0.05) is 12.1 Å². The van der Waals surface area contributed by atoms with Crippen molar-refractivity contribution < 1.29 is 0 Å². The molecule has 0 fully saturated rings. The predicted octanol–water partition coefficient (Wildman–Crippen LogP) is 4.16. The quantitative estimate of drug-likeness (QED) is 0.728. The van der Waals surface area contributed by atoms with Crippen molar-refractivity contribution in [1.29, 1.82) is 0 Å². The van der Waals surface area contributed by atoms with Gasteiger partial charge in [0.05, 0.1) is 0 Å². The minimum Gasteiger partial charge on any atom is -0.310 e. The lowest BCUT2D eigenvalue weighted by atomic mass is 10.0. The molecule has 0 spiro atoms. The number of rotatable bonds is 9. The zero-order valence-corrected chi connectivity index (χ0v) is 13.9. The van der Waals surface area contributed by atoms with E-state index in [1.54, 1.807) is 0 Å². The second-order valence-electron chi connectivity index (χ2n) is 5.76. The van der Waals surface area contributed by atoms with E-state index in [4.69, 9.17) is 0 Å². The van der Waals surface area contributed by atoms with E-state index in [-0.39, 0.29) is 0 Å². The Balaban J connectivity index is 2.61. The third kappa shape index (κ3) is 5.26. The standard InChI is InChI=1S/C18H32N2/c1-6-17(7-2)20(5)14-13-18(19-8-3)16-11-9-15(4)10-12-16/h9-12,17-19H,6-8,13-14H2,1-5H3. The highest BCUT2D eigenvalue weighted by atomic mass is 15.1. The molecule has 0 heterocycles. The second kappa shape index (κ2) is 9.15. The maximum absolute atomic E-state index is 3.62. The molecule has 0 aliphatic rings. The van der Waals surface area contributed by atoms with Crippen LogP contribution < -0.4 is 5.32 Å². The Hall–Kier alpha value is -0.860. The van der Waals surface area contributed by atoms with E-state index in [0.29, 0.717) is 6.04 Å². The number of nitrogens with zero attached hydrogens (tertiary/aromatic N) is 1. The summed E-state index contributed by atoms with van der Waals surface area (Å²) in [6.07, 6.45) is 3.65. The fourth-order valence-corrected chi connectivity index (χ4v) is 2.86. The molecule has 20 heavy (non-hydrogen) atoms. The minimum absolute atomic E-state index is 0.470. The van der Waals surface area contributed by atoms with Gasteiger partial charge in [0.1, 0.15) is 0 Å². The highest BCUT2D eigenvalue weighted by Gasteiger charge is 2.14. The van der Waals surface area contributed by atoms with Gasteiger partial charge in [-0.1, -0.05) is 50.6 Å². The molecule has 0 saturated heterocycles. The first kappa shape index (κ1) is 17.2. The van der Waals surface area contributed by atoms with E-state index in [1.165, 1.54) is 30.4 Å². The first-order chi connectivity index (χ1) is 9.62. The molecular formula is C18H32N2. The summed E-state index contributed by atoms with van der Waals surface area (Å²) in [6.45, 7) is 11.1. The van der Waals surface area contributed by atoms with Crippen molar-refractivity contribution in [2.75, 3.05) is 20.1 Å². The summed E-state index contributed by atoms with van der Waals surface area (Å²) >= 11 is 0. The molecule has 0 aliphatic carbocycles. The molecule has 1 atom stereocenters. The van der Waals surface area contributed by atoms with Gasteiger partial charge in [0.2, 0.25) is 0 Å². The van der Waals surface area contributed by atoms with Crippen LogP contribution >= 0.6 is 0 Å². The molecule has 0 aromatic heterocycles. The summed E-state index contributed by atoms with van der Waals surface area (Å²) in [7, 11) is 2.26. The maximum Gasteiger partial charge on any atom is 0.0332 e. The third-order valence-electron chi connectivity index (χ3n) is 4.27. The zero-order chi connectivity index (χ0) is 15.0. The van der Waals surface area contributed by atoms with Crippen molar-refractivity contribution >= 4 is 0 Å². The van der Waals surface area contributed by atoms with Crippen LogP contribution in [0.15, 0.2) is 24.3 Å². The summed E-state index contributed by atoms with van der Waals surface area (Å²) < 4.78 is 0. The Labute approximate surface area is 125 Å². The van der Waals surface area contributed by atoms with E-state index in [9.17, 15) is 0 Å². The van der Waals surface area contributed by atoms with Crippen LogP contribution in [0.2, 0.25) is 0 Å². The SMILES string of the molecule is CCNC(CCN(C)C(CC)CC)c1ccc(C)cc1. The molecule has 0 aliphatic heterocycles. The number of aryl methyl sites for hydroxylation is 1. The molecule has 1 aromatic carbocycles. The van der Waals surface area contributed by atoms with Crippen molar-refractivity contribution in [3.8, 4) is 0 Å². The first-order valence-electron chi connectivity index (χ1n) is 8.12. The van der Waals surface area contributed by atoms with Crippen molar-refractivity contribution in [1.82, 2.24) is 10.2 Å². The van der Waals surface area contributed by atoms with Crippen molar-refractivity contribution in [2.24, 2.45) is 0 Å². The Kier molecular flexibility index (Phi) is 7.86. The van der Waals surface area contributed by atoms with Gasteiger partial charge in [0.25, 0.3) is 0 Å². The molecule has 2 nitrogen and oxygen atoms in total. The van der Waals surface area contributed by atoms with E-state index < -0.39 is 0 Å². The molecule has 0 radical (unpaired) electrons. The molecule has 0 bridgehead atoms. The van der Waals surface area contributed by atoms with E-state index >= 15 is 0 Å². The lowest BCUT2D eigenvalue weighted by Crippen LogP contribution is -2.34. The molecule has 2 heteroatoms. The van der Waals surface area contributed by atoms with Crippen LogP contribution in [0.25, 0.3) is 0 Å². The van der Waals surface area contributed by atoms with Crippen LogP contribution in [-0.4, -0.2) is 31.1 Å². The van der Waals surface area contributed by atoms with Crippen molar-refractivity contribution in [3.63, 3.8) is 0 Å². The van der Waals surface area contributed by atoms with Gasteiger partial charge in [-0.2, -0.15) is 0 Å². The van der Waals surface area contributed by atoms with E-state index in [2.05, 4.69) is 69.2 Å². The fraction of sp³-hybridized carbons (Fsp3) is 0.667. The zero-order valence-electron chi connectivity index (χ0n) is 13.9. The maximum atomic E-state index is 3.62. The largest absolute Gasteiger partial charge is 0.310 e. The smallest absolute Gasteiger partial charge is 0.0332 e. The van der Waals surface area contributed by atoms with Gasteiger partial charge in [-0.15, -0.1) is 0 Å². The number of benzene rings is 1. The average Bonchev–Trinajstić information content (AvgIpc) is 2.46. The van der Waals surface area contributed by atoms with Gasteiger partial charge in [-0.25, -0.2) is 0 Å². The van der Waals surface area contributed by atoms with Crippen molar-refractivity contribution in [2.45, 2.75) is 59.0 Å². The minimum atomic E-state index is 0.470. The molecular weight excluding hydrogens is 244 g/mol. The average molecular weight is 276 g/mol. The molecule has 1 N–H and O–H groups in total. The number of hydrogen-bond acceptors (Lipinski definition) is 2. The Bertz CT molecular complexity index is 354. The molecule has 1 unspecified atom stereocenters. The summed E-state index contributed by atoms with van der Waals surface area (Å²) in [4.78, 5) is 2.51. The van der Waals surface area contributed by atoms with E-state index in [1.807, 2.05) is 0 Å². The van der Waals surface area contributed by atoms with Crippen LogP contribution in [0.4, 0.5) is 0 Å². The van der Waals surface area contributed by atoms with Crippen LogP contribution in [-0.2, 0) is 0 Å².